The number of allylic oxidation sites excluding steroid dienone is 4. The monoisotopic (exact) mass is 1300 g/mol. The maximum absolute atomic E-state index is 12.3. The second-order valence-electron chi connectivity index (χ2n) is 25.4. The fourth-order valence-electron chi connectivity index (χ4n) is 15.3. The van der Waals surface area contributed by atoms with Gasteiger partial charge in [0.2, 0.25) is 0 Å². The summed E-state index contributed by atoms with van der Waals surface area (Å²) >= 11 is 0. The van der Waals surface area contributed by atoms with E-state index in [2.05, 4.69) is 57.7 Å². The Morgan fingerprint density at radius 3 is 1.92 bits per heavy atom. The first-order valence-electron chi connectivity index (χ1n) is 28.4. The first-order chi connectivity index (χ1) is 36.7. The van der Waals surface area contributed by atoms with Gasteiger partial charge in [0.25, 0.3) is 0 Å². The first kappa shape index (κ1) is 61.6. The predicted molar refractivity (Wildman–Crippen MR) is 279 cm³/mol. The molecule has 11 aliphatic rings. The van der Waals surface area contributed by atoms with Gasteiger partial charge in [-0.25, -0.2) is 8.37 Å². The van der Waals surface area contributed by atoms with Gasteiger partial charge in [-0.1, -0.05) is 43.4 Å². The van der Waals surface area contributed by atoms with Crippen LogP contribution in [0.4, 0.5) is 0 Å². The van der Waals surface area contributed by atoms with Gasteiger partial charge in [-0.15, -0.1) is 12.7 Å². The smallest absolute Gasteiger partial charge is 0.397 e. The molecule has 0 aromatic rings. The summed E-state index contributed by atoms with van der Waals surface area (Å²) in [6.07, 6.45) is 5.07. The van der Waals surface area contributed by atoms with Crippen molar-refractivity contribution < 1.29 is 129 Å². The van der Waals surface area contributed by atoms with E-state index in [0.29, 0.717) is 57.8 Å². The Labute approximate surface area is 496 Å². The molecule has 11 heterocycles. The SMILES string of the molecule is C=CCC(=C)/C=C/C[C-](C)[C@H]1O[C@@H]2C[C@@H]3O[C@@H]4C[C@@H]5O[C@@H]6C[C@@H]7O[C@@H]8C[C@@H]9O[C@@H]%10C[C@@H]%11O[C@](C)(CCOS(=O)(=O)O)[C@@H](OS(=O)(=O)O)C[C@H]%11O[C@H]%10C[C@H]9O[C@H]8CC[C@@]7(C)O[C@@]6(C)CC[C@H](C)[C@H]5O[C@H]4[C@@H](O)[C@@]3(C)O[C@H]2CC1=C.[Ho]. The van der Waals surface area contributed by atoms with Gasteiger partial charge >= 0.3 is 20.8 Å². The van der Waals surface area contributed by atoms with Crippen LogP contribution in [0.3, 0.4) is 0 Å². The maximum atomic E-state index is 12.3. The fraction of sp³-hybridized carbons (Fsp3) is 0.839. The number of rotatable bonds is 12. The zero-order valence-corrected chi connectivity index (χ0v) is 49.8. The zero-order chi connectivity index (χ0) is 55.5. The van der Waals surface area contributed by atoms with Gasteiger partial charge in [0.05, 0.1) is 121 Å². The number of fused-ring (bicyclic) bond motifs is 10. The molecule has 0 amide bonds. The van der Waals surface area contributed by atoms with E-state index >= 15 is 0 Å². The van der Waals surface area contributed by atoms with E-state index in [0.717, 1.165) is 42.7 Å². The molecule has 0 unspecified atom stereocenters. The molecule has 11 fully saturated rings. The molecule has 20 nitrogen and oxygen atoms in total. The van der Waals surface area contributed by atoms with E-state index in [1.807, 2.05) is 19.1 Å². The van der Waals surface area contributed by atoms with Crippen LogP contribution in [0, 0.1) is 49.6 Å². The van der Waals surface area contributed by atoms with Crippen molar-refractivity contribution in [1.29, 1.82) is 0 Å². The second-order valence-corrected chi connectivity index (χ2v) is 27.6. The van der Waals surface area contributed by atoms with Crippen molar-refractivity contribution in [1.82, 2.24) is 0 Å². The minimum absolute atomic E-state index is 0. The van der Waals surface area contributed by atoms with E-state index in [1.54, 1.807) is 0 Å². The Morgan fingerprint density at radius 2 is 1.27 bits per heavy atom. The van der Waals surface area contributed by atoms with E-state index in [9.17, 15) is 26.5 Å². The molecule has 0 aromatic heterocycles. The average Bonchev–Trinajstić information content (AvgIpc) is 3.70. The molecule has 79 heavy (non-hydrogen) atoms. The number of aliphatic hydroxyl groups is 1. The van der Waals surface area contributed by atoms with Gasteiger partial charge in [-0.05, 0) is 78.2 Å². The summed E-state index contributed by atoms with van der Waals surface area (Å²) in [6, 6.07) is 0. The summed E-state index contributed by atoms with van der Waals surface area (Å²) in [6.45, 7) is 23.9. The minimum atomic E-state index is -4.94. The molecular weight excluding hydrogens is 1220 g/mol. The fourth-order valence-corrected chi connectivity index (χ4v) is 16.2. The molecule has 25 atom stereocenters. The van der Waals surface area contributed by atoms with Crippen LogP contribution in [-0.4, -0.2) is 182 Å². The van der Waals surface area contributed by atoms with Crippen LogP contribution in [-0.2, 0) is 81.3 Å². The molecule has 0 saturated carbocycles. The molecule has 0 aromatic carbocycles. The Bertz CT molecular complexity index is 2520. The van der Waals surface area contributed by atoms with Crippen molar-refractivity contribution >= 4 is 20.8 Å². The number of hydrogen-bond acceptors (Lipinski definition) is 18. The third kappa shape index (κ3) is 12.6. The molecule has 11 aliphatic heterocycles. The third-order valence-electron chi connectivity index (χ3n) is 19.7. The molecule has 0 bridgehead atoms. The number of ether oxygens (including phenoxy) is 11. The molecule has 1 radical (unpaired) electrons. The topological polar surface area (TPSA) is 249 Å². The average molecular weight is 1310 g/mol. The second kappa shape index (κ2) is 23.3. The normalized spacial score (nSPS) is 49.6. The molecule has 11 rings (SSSR count). The van der Waals surface area contributed by atoms with Crippen molar-refractivity contribution in [2.45, 2.75) is 282 Å². The van der Waals surface area contributed by atoms with Crippen molar-refractivity contribution in [3.05, 3.63) is 55.0 Å². The zero-order valence-electron chi connectivity index (χ0n) is 46.2. The summed E-state index contributed by atoms with van der Waals surface area (Å²) in [7, 11) is -9.73. The largest absolute Gasteiger partial charge is 0.400 e. The van der Waals surface area contributed by atoms with E-state index in [1.165, 1.54) is 6.92 Å². The molecule has 3 N–H and O–H groups in total. The maximum Gasteiger partial charge on any atom is 0.397 e. The van der Waals surface area contributed by atoms with Crippen LogP contribution in [0.25, 0.3) is 0 Å². The molecule has 451 valence electrons. The third-order valence-corrected chi connectivity index (χ3v) is 20.6. The Morgan fingerprint density at radius 1 is 0.696 bits per heavy atom. The minimum Gasteiger partial charge on any atom is -0.400 e. The van der Waals surface area contributed by atoms with Gasteiger partial charge in [-0.2, -0.15) is 30.2 Å². The van der Waals surface area contributed by atoms with E-state index in [-0.39, 0.29) is 124 Å². The summed E-state index contributed by atoms with van der Waals surface area (Å²) in [5.74, 6) is 1.25. The van der Waals surface area contributed by atoms with Crippen molar-refractivity contribution in [3.63, 3.8) is 0 Å². The number of aliphatic hydroxyl groups excluding tert-OH is 1. The molecule has 11 saturated heterocycles. The summed E-state index contributed by atoms with van der Waals surface area (Å²) in [5, 5.41) is 12.3. The molecule has 23 heteroatoms. The van der Waals surface area contributed by atoms with Crippen LogP contribution in [0.5, 0.6) is 0 Å². The molecular formula is C56H83HoO20S2-. The summed E-state index contributed by atoms with van der Waals surface area (Å²) in [5.41, 5.74) is -1.78. The van der Waals surface area contributed by atoms with E-state index < -0.39 is 105 Å². The van der Waals surface area contributed by atoms with Crippen LogP contribution in [0.15, 0.2) is 49.1 Å². The number of hydrogen-bond donors (Lipinski definition) is 3. The quantitative estimate of drug-likeness (QED) is 0.0638. The van der Waals surface area contributed by atoms with Crippen LogP contribution in [0.1, 0.15) is 138 Å². The van der Waals surface area contributed by atoms with Crippen LogP contribution < -0.4 is 0 Å². The first-order valence-corrected chi connectivity index (χ1v) is 31.2. The summed E-state index contributed by atoms with van der Waals surface area (Å²) < 4.78 is 151. The Balaban J connectivity index is 0.00000704. The molecule has 0 spiro atoms. The Kier molecular flexibility index (Phi) is 18.2. The predicted octanol–water partition coefficient (Wildman–Crippen LogP) is 6.29. The van der Waals surface area contributed by atoms with Gasteiger partial charge in [-0.3, -0.25) is 15.0 Å². The standard InChI is InChI=1S/C56H83O20S2.Ho/c1-10-12-29(2)13-11-14-30(3)49-32(5)21-41-40(71-49)27-48-56(9,74-41)52(57)51-44(70-48)25-43-50(72-51)31(4)15-17-54(7)46(69-43)28-45-55(8,76-54)18-16-33-34(68-45)22-36-35(65-33)23-37-38(66-36)24-42-39(67-37)26-47(75-78(61,62)63)53(6,73-42)19-20-64-77(58,59)60;/h10-11,13,31,33-52,57H,1-2,5,12,14-28H2,3-4,6-9H3,(H,58,59,60)(H,61,62,63);/q-1;/b13-11+;/t31-,33-,34+,35+,36-,37-,38+,39+,40+,41-,42-,43-,44+,45-,46+,47-,48-,49+,50+,51+,52+,53+,54-,55+,56-;/m0./s1. The summed E-state index contributed by atoms with van der Waals surface area (Å²) in [4.78, 5) is 0. The van der Waals surface area contributed by atoms with Crippen molar-refractivity contribution in [2.24, 2.45) is 5.92 Å². The van der Waals surface area contributed by atoms with Crippen LogP contribution >= 0.6 is 0 Å². The van der Waals surface area contributed by atoms with Gasteiger partial charge in [0, 0.05) is 89.1 Å². The van der Waals surface area contributed by atoms with Gasteiger partial charge in [0.1, 0.15) is 23.9 Å². The van der Waals surface area contributed by atoms with Gasteiger partial charge < -0.3 is 57.2 Å². The van der Waals surface area contributed by atoms with Crippen molar-refractivity contribution in [2.75, 3.05) is 6.61 Å². The van der Waals surface area contributed by atoms with E-state index in [4.69, 9.17) is 60.8 Å². The van der Waals surface area contributed by atoms with Gasteiger partial charge in [0.15, 0.2) is 0 Å². The molecule has 0 aliphatic carbocycles. The van der Waals surface area contributed by atoms with Crippen molar-refractivity contribution in [3.8, 4) is 0 Å². The Hall–Kier alpha value is -0.520. The van der Waals surface area contributed by atoms with Crippen LogP contribution in [0.2, 0.25) is 0 Å².